The van der Waals surface area contributed by atoms with E-state index in [-0.39, 0.29) is 11.4 Å². The summed E-state index contributed by atoms with van der Waals surface area (Å²) in [6, 6.07) is 9.22. The number of thiocarbonyl (C=S) groups is 1. The van der Waals surface area contributed by atoms with Crippen molar-refractivity contribution in [3.8, 4) is 12.1 Å². The van der Waals surface area contributed by atoms with E-state index < -0.39 is 34.6 Å². The molecule has 0 fully saturated rings. The number of nitrogens with two attached hydrogens (primary N) is 1. The van der Waals surface area contributed by atoms with Gasteiger partial charge in [-0.2, -0.15) is 36.9 Å². The van der Waals surface area contributed by atoms with Crippen LogP contribution in [-0.4, -0.2) is 11.6 Å². The zero-order valence-corrected chi connectivity index (χ0v) is 15.0. The van der Waals surface area contributed by atoms with Gasteiger partial charge in [0.2, 0.25) is 0 Å². The van der Waals surface area contributed by atoms with Crippen LogP contribution in [0.2, 0.25) is 0 Å². The zero-order valence-electron chi connectivity index (χ0n) is 14.2. The summed E-state index contributed by atoms with van der Waals surface area (Å²) in [5.41, 5.74) is 2.45. The maximum Gasteiger partial charge on any atom is 0.417 e. The average molecular weight is 428 g/mol. The lowest BCUT2D eigenvalue weighted by Crippen LogP contribution is -2.08. The highest BCUT2D eigenvalue weighted by molar-refractivity contribution is 7.80. The van der Waals surface area contributed by atoms with Crippen LogP contribution < -0.4 is 5.73 Å². The third-order valence-electron chi connectivity index (χ3n) is 3.18. The van der Waals surface area contributed by atoms with Crippen LogP contribution in [0.5, 0.6) is 0 Å². The standard InChI is InChI=1S/C10H5F3N2S.C8H5F3N2/c11-10(12,13)9-5-8(15-3-4-16)2-1-7(9)6-14;9-8(10,11)7-3-6(13)2-1-5(7)4-12/h1-5H;1-3H,13H2. The highest BCUT2D eigenvalue weighted by Crippen LogP contribution is 2.34. The summed E-state index contributed by atoms with van der Waals surface area (Å²) in [6.07, 6.45) is -7.88. The lowest BCUT2D eigenvalue weighted by Gasteiger charge is -2.08. The predicted octanol–water partition coefficient (Wildman–Crippen LogP) is 5.44. The summed E-state index contributed by atoms with van der Waals surface area (Å²) in [7, 11) is 0. The van der Waals surface area contributed by atoms with E-state index in [1.165, 1.54) is 35.9 Å². The van der Waals surface area contributed by atoms with Crippen molar-refractivity contribution >= 4 is 35.2 Å². The van der Waals surface area contributed by atoms with Gasteiger partial charge < -0.3 is 5.73 Å². The van der Waals surface area contributed by atoms with E-state index in [1.54, 1.807) is 0 Å². The lowest BCUT2D eigenvalue weighted by atomic mass is 10.1. The molecule has 2 N–H and O–H groups in total. The molecule has 29 heavy (non-hydrogen) atoms. The van der Waals surface area contributed by atoms with E-state index in [0.29, 0.717) is 0 Å². The normalized spacial score (nSPS) is 11.2. The number of benzene rings is 2. The minimum absolute atomic E-state index is 0.00803. The molecule has 0 heterocycles. The highest BCUT2D eigenvalue weighted by Gasteiger charge is 2.34. The maximum absolute atomic E-state index is 12.5. The fraction of sp³-hybridized carbons (Fsp3) is 0.111. The number of rotatable bonds is 2. The van der Waals surface area contributed by atoms with Crippen molar-refractivity contribution in [2.75, 3.05) is 5.73 Å². The average Bonchev–Trinajstić information content (AvgIpc) is 2.65. The van der Waals surface area contributed by atoms with Gasteiger partial charge in [0.25, 0.3) is 0 Å². The number of aliphatic imine (C=N–C) groups is 1. The highest BCUT2D eigenvalue weighted by atomic mass is 32.1. The zero-order chi connectivity index (χ0) is 22.2. The molecule has 0 radical (unpaired) electrons. The number of halogens is 6. The van der Waals surface area contributed by atoms with Crippen LogP contribution in [-0.2, 0) is 12.4 Å². The Kier molecular flexibility index (Phi) is 7.86. The van der Waals surface area contributed by atoms with Crippen LogP contribution in [0.15, 0.2) is 41.4 Å². The van der Waals surface area contributed by atoms with Crippen LogP contribution in [0, 0.1) is 22.7 Å². The van der Waals surface area contributed by atoms with Crippen molar-refractivity contribution in [3.63, 3.8) is 0 Å². The molecule has 2 rings (SSSR count). The van der Waals surface area contributed by atoms with Gasteiger partial charge >= 0.3 is 12.4 Å². The lowest BCUT2D eigenvalue weighted by molar-refractivity contribution is -0.138. The van der Waals surface area contributed by atoms with E-state index in [9.17, 15) is 26.3 Å². The van der Waals surface area contributed by atoms with Crippen molar-refractivity contribution in [3.05, 3.63) is 58.7 Å². The number of nitriles is 2. The van der Waals surface area contributed by atoms with Crippen LogP contribution >= 0.6 is 12.2 Å². The first-order valence-electron chi connectivity index (χ1n) is 7.40. The Hall–Kier alpha value is -3.44. The van der Waals surface area contributed by atoms with Gasteiger partial charge in [0, 0.05) is 17.3 Å². The predicted molar refractivity (Wildman–Crippen MR) is 98.5 cm³/mol. The molecule has 150 valence electrons. The fourth-order valence-electron chi connectivity index (χ4n) is 1.95. The number of hydrogen-bond acceptors (Lipinski definition) is 5. The molecule has 0 aliphatic rings. The summed E-state index contributed by atoms with van der Waals surface area (Å²) in [4.78, 5) is 3.68. The van der Waals surface area contributed by atoms with Gasteiger partial charge in [0.15, 0.2) is 0 Å². The molecule has 0 spiro atoms. The first-order valence-corrected chi connectivity index (χ1v) is 7.87. The van der Waals surface area contributed by atoms with Gasteiger partial charge in [-0.3, -0.25) is 4.99 Å². The van der Waals surface area contributed by atoms with Crippen LogP contribution in [0.1, 0.15) is 22.3 Å². The molecule has 0 aliphatic heterocycles. The Balaban J connectivity index is 0.000000296. The maximum atomic E-state index is 12.5. The molecule has 2 aromatic rings. The van der Waals surface area contributed by atoms with Crippen molar-refractivity contribution in [2.45, 2.75) is 12.4 Å². The second-order valence-electron chi connectivity index (χ2n) is 5.17. The summed E-state index contributed by atoms with van der Waals surface area (Å²) in [6.45, 7) is 0. The topological polar surface area (TPSA) is 86.0 Å². The molecule has 4 nitrogen and oxygen atoms in total. The minimum atomic E-state index is -4.56. The Bertz CT molecular complexity index is 997. The molecule has 0 saturated carbocycles. The molecule has 0 saturated heterocycles. The van der Waals surface area contributed by atoms with Gasteiger partial charge in [0.1, 0.15) is 0 Å². The Morgan fingerprint density at radius 1 is 0.862 bits per heavy atom. The Morgan fingerprint density at radius 3 is 1.79 bits per heavy atom. The largest absolute Gasteiger partial charge is 0.417 e. The first-order chi connectivity index (χ1) is 13.4. The van der Waals surface area contributed by atoms with Crippen LogP contribution in [0.25, 0.3) is 0 Å². The fourth-order valence-corrected chi connectivity index (χ4v) is 2.02. The Morgan fingerprint density at radius 2 is 1.34 bits per heavy atom. The number of nitrogens with zero attached hydrogens (tertiary/aromatic N) is 3. The first kappa shape index (κ1) is 23.6. The van der Waals surface area contributed by atoms with E-state index in [0.717, 1.165) is 24.3 Å². The number of alkyl halides is 6. The van der Waals surface area contributed by atoms with Crippen molar-refractivity contribution < 1.29 is 26.3 Å². The summed E-state index contributed by atoms with van der Waals surface area (Å²) >= 11 is 4.46. The van der Waals surface area contributed by atoms with Gasteiger partial charge in [-0.25, -0.2) is 0 Å². The molecule has 0 atom stereocenters. The number of anilines is 1. The molecule has 0 amide bonds. The van der Waals surface area contributed by atoms with E-state index in [1.807, 2.05) is 0 Å². The number of hydrogen-bond donors (Lipinski definition) is 1. The van der Waals surface area contributed by atoms with Crippen LogP contribution in [0.4, 0.5) is 37.7 Å². The summed E-state index contributed by atoms with van der Waals surface area (Å²) in [5.74, 6) is 0. The van der Waals surface area contributed by atoms with Gasteiger partial charge in [-0.1, -0.05) is 12.2 Å². The Labute approximate surface area is 166 Å². The van der Waals surface area contributed by atoms with Crippen molar-refractivity contribution in [1.29, 1.82) is 10.5 Å². The quantitative estimate of drug-likeness (QED) is 0.299. The SMILES string of the molecule is N#Cc1ccc(N)cc1C(F)(F)F.N#Cc1ccc(N=CC=S)cc1C(F)(F)F. The molecule has 0 aromatic heterocycles. The third kappa shape index (κ3) is 6.90. The second-order valence-corrected chi connectivity index (χ2v) is 5.44. The van der Waals surface area contributed by atoms with Gasteiger partial charge in [0.05, 0.1) is 40.1 Å². The third-order valence-corrected chi connectivity index (χ3v) is 3.30. The van der Waals surface area contributed by atoms with E-state index >= 15 is 0 Å². The van der Waals surface area contributed by atoms with Crippen molar-refractivity contribution in [2.24, 2.45) is 4.99 Å². The van der Waals surface area contributed by atoms with Gasteiger partial charge in [-0.05, 0) is 36.4 Å². The molecular weight excluding hydrogens is 418 g/mol. The molecule has 0 bridgehead atoms. The van der Waals surface area contributed by atoms with Gasteiger partial charge in [-0.15, -0.1) is 0 Å². The summed E-state index contributed by atoms with van der Waals surface area (Å²) < 4.78 is 74.1. The molecule has 0 unspecified atom stereocenters. The summed E-state index contributed by atoms with van der Waals surface area (Å²) in [5, 5.41) is 18.1. The molecule has 0 aliphatic carbocycles. The monoisotopic (exact) mass is 428 g/mol. The molecule has 11 heteroatoms. The minimum Gasteiger partial charge on any atom is -0.399 e. The second kappa shape index (κ2) is 9.66. The molecule has 2 aromatic carbocycles. The smallest absolute Gasteiger partial charge is 0.399 e. The molecular formula is C18H10F6N4S. The van der Waals surface area contributed by atoms with E-state index in [4.69, 9.17) is 16.3 Å². The van der Waals surface area contributed by atoms with Crippen LogP contribution in [0.3, 0.4) is 0 Å². The number of nitrogen functional groups attached to an aromatic ring is 1. The van der Waals surface area contributed by atoms with E-state index in [2.05, 4.69) is 17.2 Å². The van der Waals surface area contributed by atoms with Crippen molar-refractivity contribution in [1.82, 2.24) is 0 Å².